The molecule has 0 fully saturated rings. The van der Waals surface area contributed by atoms with Crippen molar-refractivity contribution >= 4 is 0 Å². The van der Waals surface area contributed by atoms with E-state index in [-0.39, 0.29) is 34.1 Å². The Morgan fingerprint density at radius 1 is 0.643 bits per heavy atom. The zero-order chi connectivity index (χ0) is 10.2. The fraction of sp³-hybridized carbons (Fsp3) is 1.00. The van der Waals surface area contributed by atoms with Crippen LogP contribution in [0.2, 0.25) is 0 Å². The SMILES string of the molecule is CCCO.CCCO.CCCO.[Cl-].[Ti]. The third kappa shape index (κ3) is 121. The normalized spacial score (nSPS) is 6.43. The van der Waals surface area contributed by atoms with Crippen LogP contribution in [0.1, 0.15) is 40.0 Å². The van der Waals surface area contributed by atoms with Crippen LogP contribution in [0.5, 0.6) is 0 Å². The van der Waals surface area contributed by atoms with Crippen LogP contribution in [0, 0.1) is 0 Å². The maximum atomic E-state index is 7.88. The summed E-state index contributed by atoms with van der Waals surface area (Å²) in [4.78, 5) is 0. The van der Waals surface area contributed by atoms with Crippen molar-refractivity contribution in [2.75, 3.05) is 19.8 Å². The summed E-state index contributed by atoms with van der Waals surface area (Å²) in [7, 11) is 0. The topological polar surface area (TPSA) is 60.7 Å². The quantitative estimate of drug-likeness (QED) is 0.525. The predicted molar refractivity (Wildman–Crippen MR) is 52.1 cm³/mol. The molecule has 0 aromatic carbocycles. The van der Waals surface area contributed by atoms with Gasteiger partial charge < -0.3 is 27.7 Å². The van der Waals surface area contributed by atoms with Gasteiger partial charge in [-0.15, -0.1) is 0 Å². The van der Waals surface area contributed by atoms with E-state index in [1.54, 1.807) is 0 Å². The smallest absolute Gasteiger partial charge is 0.0428 e. The second-order valence-electron chi connectivity index (χ2n) is 2.17. The summed E-state index contributed by atoms with van der Waals surface area (Å²) in [5.74, 6) is 0. The fourth-order valence-electron chi connectivity index (χ4n) is 0. The first-order chi connectivity index (χ1) is 5.74. The van der Waals surface area contributed by atoms with Crippen molar-refractivity contribution in [3.8, 4) is 0 Å². The van der Waals surface area contributed by atoms with E-state index in [9.17, 15) is 0 Å². The molecule has 0 aliphatic heterocycles. The van der Waals surface area contributed by atoms with Crippen molar-refractivity contribution < 1.29 is 49.4 Å². The molecule has 0 aromatic heterocycles. The molecule has 0 radical (unpaired) electrons. The number of hydrogen-bond acceptors (Lipinski definition) is 3. The minimum atomic E-state index is 0. The minimum absolute atomic E-state index is 0. The van der Waals surface area contributed by atoms with E-state index in [2.05, 4.69) is 0 Å². The number of hydrogen-bond donors (Lipinski definition) is 3. The van der Waals surface area contributed by atoms with E-state index in [1.807, 2.05) is 20.8 Å². The number of rotatable bonds is 3. The predicted octanol–water partition coefficient (Wildman–Crippen LogP) is -1.83. The number of halogens is 1. The standard InChI is InChI=1S/3C3H8O.ClH.Ti/c3*1-2-3-4;;/h3*4H,2-3H2,1H3;1H;/p-1. The summed E-state index contributed by atoms with van der Waals surface area (Å²) in [6, 6.07) is 0. The van der Waals surface area contributed by atoms with Gasteiger partial charge in [0.2, 0.25) is 0 Å². The van der Waals surface area contributed by atoms with Crippen LogP contribution in [0.3, 0.4) is 0 Å². The van der Waals surface area contributed by atoms with Crippen molar-refractivity contribution in [3.63, 3.8) is 0 Å². The summed E-state index contributed by atoms with van der Waals surface area (Å²) in [6.45, 7) is 6.75. The molecule has 0 spiro atoms. The Labute approximate surface area is 109 Å². The molecule has 0 aromatic rings. The molecule has 3 N–H and O–H groups in total. The summed E-state index contributed by atoms with van der Waals surface area (Å²) in [5, 5.41) is 23.6. The van der Waals surface area contributed by atoms with Gasteiger partial charge in [-0.05, 0) is 19.3 Å². The van der Waals surface area contributed by atoms with Crippen LogP contribution in [-0.2, 0) is 21.7 Å². The van der Waals surface area contributed by atoms with E-state index in [4.69, 9.17) is 15.3 Å². The first-order valence-electron chi connectivity index (χ1n) is 4.57. The molecule has 0 amide bonds. The van der Waals surface area contributed by atoms with Gasteiger partial charge in [0.25, 0.3) is 0 Å². The molecule has 0 aliphatic carbocycles. The Morgan fingerprint density at radius 2 is 0.714 bits per heavy atom. The van der Waals surface area contributed by atoms with Gasteiger partial charge >= 0.3 is 0 Å². The maximum absolute atomic E-state index is 7.88. The van der Waals surface area contributed by atoms with Crippen LogP contribution in [0.15, 0.2) is 0 Å². The van der Waals surface area contributed by atoms with Crippen LogP contribution in [-0.4, -0.2) is 35.1 Å². The molecular weight excluding hydrogens is 239 g/mol. The fourth-order valence-corrected chi connectivity index (χ4v) is 0. The van der Waals surface area contributed by atoms with Crippen LogP contribution in [0.25, 0.3) is 0 Å². The van der Waals surface area contributed by atoms with Gasteiger partial charge in [-0.2, -0.15) is 0 Å². The van der Waals surface area contributed by atoms with E-state index in [1.165, 1.54) is 0 Å². The Balaban J connectivity index is -0.0000000270. The zero-order valence-electron chi connectivity index (χ0n) is 9.46. The van der Waals surface area contributed by atoms with Gasteiger partial charge in [-0.3, -0.25) is 0 Å². The Bertz CT molecular complexity index is 35.5. The first-order valence-corrected chi connectivity index (χ1v) is 4.57. The number of aliphatic hydroxyl groups is 3. The number of aliphatic hydroxyl groups excluding tert-OH is 3. The van der Waals surface area contributed by atoms with Gasteiger partial charge in [0.1, 0.15) is 0 Å². The summed E-state index contributed by atoms with van der Waals surface area (Å²) in [6.07, 6.45) is 2.62. The second-order valence-corrected chi connectivity index (χ2v) is 2.17. The van der Waals surface area contributed by atoms with E-state index < -0.39 is 0 Å². The molecule has 14 heavy (non-hydrogen) atoms. The molecule has 0 saturated heterocycles. The van der Waals surface area contributed by atoms with E-state index in [0.29, 0.717) is 19.8 Å². The summed E-state index contributed by atoms with van der Waals surface area (Å²) >= 11 is 0. The second kappa shape index (κ2) is 48.6. The first kappa shape index (κ1) is 29.4. The van der Waals surface area contributed by atoms with Crippen molar-refractivity contribution in [2.45, 2.75) is 40.0 Å². The maximum Gasteiger partial charge on any atom is 0.0428 e. The van der Waals surface area contributed by atoms with Crippen molar-refractivity contribution in [1.82, 2.24) is 0 Å². The van der Waals surface area contributed by atoms with Crippen LogP contribution < -0.4 is 12.4 Å². The molecule has 0 unspecified atom stereocenters. The van der Waals surface area contributed by atoms with Gasteiger partial charge in [-0.25, -0.2) is 0 Å². The molecule has 0 rings (SSSR count). The summed E-state index contributed by atoms with van der Waals surface area (Å²) < 4.78 is 0. The van der Waals surface area contributed by atoms with Gasteiger partial charge in [-0.1, -0.05) is 20.8 Å². The molecule has 0 saturated carbocycles. The molecule has 0 aliphatic rings. The Kier molecular flexibility index (Phi) is 102. The zero-order valence-corrected chi connectivity index (χ0v) is 11.8. The molecule has 0 heterocycles. The molecule has 90 valence electrons. The van der Waals surface area contributed by atoms with Crippen molar-refractivity contribution in [3.05, 3.63) is 0 Å². The van der Waals surface area contributed by atoms with E-state index >= 15 is 0 Å². The Morgan fingerprint density at radius 3 is 0.714 bits per heavy atom. The van der Waals surface area contributed by atoms with Crippen LogP contribution in [0.4, 0.5) is 0 Å². The molecule has 3 nitrogen and oxygen atoms in total. The van der Waals surface area contributed by atoms with E-state index in [0.717, 1.165) is 19.3 Å². The van der Waals surface area contributed by atoms with Gasteiger partial charge in [0.15, 0.2) is 0 Å². The minimum Gasteiger partial charge on any atom is -1.00 e. The average molecular weight is 264 g/mol. The third-order valence-electron chi connectivity index (χ3n) is 0.671. The largest absolute Gasteiger partial charge is 1.00 e. The molecular formula is C9H24ClO3Ti-. The third-order valence-corrected chi connectivity index (χ3v) is 0.671. The molecule has 0 atom stereocenters. The average Bonchev–Trinajstić information content (AvgIpc) is 2.18. The Hall–Kier alpha value is 0.884. The molecule has 0 bridgehead atoms. The molecule has 5 heteroatoms. The van der Waals surface area contributed by atoms with Gasteiger partial charge in [0, 0.05) is 41.5 Å². The van der Waals surface area contributed by atoms with Crippen molar-refractivity contribution in [2.24, 2.45) is 0 Å². The van der Waals surface area contributed by atoms with Crippen LogP contribution >= 0.6 is 0 Å². The monoisotopic (exact) mass is 263 g/mol. The van der Waals surface area contributed by atoms with Crippen molar-refractivity contribution in [1.29, 1.82) is 0 Å². The van der Waals surface area contributed by atoms with Gasteiger partial charge in [0.05, 0.1) is 0 Å². The summed E-state index contributed by atoms with van der Waals surface area (Å²) in [5.41, 5.74) is 0.